The Balaban J connectivity index is 2.57. The molecule has 0 saturated carbocycles. The van der Waals surface area contributed by atoms with E-state index in [1.54, 1.807) is 11.8 Å². The Labute approximate surface area is 104 Å². The molecular formula is C12H24N2OS. The quantitative estimate of drug-likeness (QED) is 0.733. The summed E-state index contributed by atoms with van der Waals surface area (Å²) in [6, 6.07) is 0.547. The molecule has 1 heterocycles. The molecule has 3 nitrogen and oxygen atoms in total. The SMILES string of the molecule is CCC[C@H]1CN(C(=O)CSC)C[C@@H]1N(C)C. The first kappa shape index (κ1) is 13.8. The number of likely N-dealkylation sites (tertiary alicyclic amines) is 1. The second kappa shape index (κ2) is 6.50. The van der Waals surface area contributed by atoms with Gasteiger partial charge < -0.3 is 9.80 Å². The summed E-state index contributed by atoms with van der Waals surface area (Å²) in [5, 5.41) is 0. The lowest BCUT2D eigenvalue weighted by molar-refractivity contribution is -0.127. The number of thioether (sulfide) groups is 1. The number of nitrogens with zero attached hydrogens (tertiary/aromatic N) is 2. The topological polar surface area (TPSA) is 23.6 Å². The van der Waals surface area contributed by atoms with Crippen LogP contribution in [-0.4, -0.2) is 60.9 Å². The van der Waals surface area contributed by atoms with Crippen LogP contribution in [0, 0.1) is 5.92 Å². The minimum absolute atomic E-state index is 0.304. The number of likely N-dealkylation sites (N-methyl/N-ethyl adjacent to an activating group) is 1. The highest BCUT2D eigenvalue weighted by atomic mass is 32.2. The van der Waals surface area contributed by atoms with E-state index in [4.69, 9.17) is 0 Å². The lowest BCUT2D eigenvalue weighted by atomic mass is 9.98. The predicted octanol–water partition coefficient (Wildman–Crippen LogP) is 1.54. The first-order chi connectivity index (χ1) is 7.60. The fourth-order valence-corrected chi connectivity index (χ4v) is 2.94. The molecule has 0 radical (unpaired) electrons. The van der Waals surface area contributed by atoms with Gasteiger partial charge in [-0.15, -0.1) is 0 Å². The van der Waals surface area contributed by atoms with E-state index in [0.29, 0.717) is 23.6 Å². The largest absolute Gasteiger partial charge is 0.340 e. The highest BCUT2D eigenvalue weighted by Crippen LogP contribution is 2.25. The van der Waals surface area contributed by atoms with Crippen LogP contribution in [0.4, 0.5) is 0 Å². The zero-order valence-corrected chi connectivity index (χ0v) is 11.7. The maximum atomic E-state index is 11.8. The van der Waals surface area contributed by atoms with Gasteiger partial charge in [0.2, 0.25) is 5.91 Å². The van der Waals surface area contributed by atoms with Crippen LogP contribution < -0.4 is 0 Å². The van der Waals surface area contributed by atoms with Crippen LogP contribution in [0.3, 0.4) is 0 Å². The third kappa shape index (κ3) is 3.39. The zero-order valence-electron chi connectivity index (χ0n) is 10.9. The second-order valence-electron chi connectivity index (χ2n) is 4.81. The van der Waals surface area contributed by atoms with Crippen LogP contribution in [0.5, 0.6) is 0 Å². The molecule has 0 N–H and O–H groups in total. The molecule has 1 amide bonds. The molecule has 0 aromatic rings. The summed E-state index contributed by atoms with van der Waals surface area (Å²) < 4.78 is 0. The molecule has 4 heteroatoms. The third-order valence-electron chi connectivity index (χ3n) is 3.35. The molecule has 0 spiro atoms. The van der Waals surface area contributed by atoms with Gasteiger partial charge >= 0.3 is 0 Å². The van der Waals surface area contributed by atoms with Crippen molar-refractivity contribution in [3.8, 4) is 0 Å². The molecule has 0 aromatic carbocycles. The summed E-state index contributed by atoms with van der Waals surface area (Å²) in [6.07, 6.45) is 4.42. The van der Waals surface area contributed by atoms with Gasteiger partial charge in [0.1, 0.15) is 0 Å². The Bertz CT molecular complexity index is 233. The van der Waals surface area contributed by atoms with Crippen molar-refractivity contribution in [2.24, 2.45) is 5.92 Å². The standard InChI is InChI=1S/C12H24N2OS/c1-5-6-10-7-14(12(15)9-16-4)8-11(10)13(2)3/h10-11H,5-9H2,1-4H3/t10-,11-/m0/s1. The van der Waals surface area contributed by atoms with E-state index in [-0.39, 0.29) is 0 Å². The van der Waals surface area contributed by atoms with Crippen molar-refractivity contribution in [1.82, 2.24) is 9.80 Å². The van der Waals surface area contributed by atoms with Crippen LogP contribution in [0.25, 0.3) is 0 Å². The van der Waals surface area contributed by atoms with Gasteiger partial charge in [0, 0.05) is 19.1 Å². The molecule has 2 atom stereocenters. The van der Waals surface area contributed by atoms with E-state index in [9.17, 15) is 4.79 Å². The van der Waals surface area contributed by atoms with Crippen LogP contribution in [0.2, 0.25) is 0 Å². The molecular weight excluding hydrogens is 220 g/mol. The Morgan fingerprint density at radius 2 is 2.12 bits per heavy atom. The number of amides is 1. The van der Waals surface area contributed by atoms with Gasteiger partial charge in [0.15, 0.2) is 0 Å². The molecule has 1 aliphatic rings. The fraction of sp³-hybridized carbons (Fsp3) is 0.917. The Kier molecular flexibility index (Phi) is 5.62. The van der Waals surface area contributed by atoms with E-state index < -0.39 is 0 Å². The maximum Gasteiger partial charge on any atom is 0.232 e. The third-order valence-corrected chi connectivity index (χ3v) is 3.89. The molecule has 0 aliphatic carbocycles. The van der Waals surface area contributed by atoms with Crippen LogP contribution >= 0.6 is 11.8 Å². The lowest BCUT2D eigenvalue weighted by Crippen LogP contribution is -2.36. The van der Waals surface area contributed by atoms with Gasteiger partial charge in [-0.05, 0) is 32.7 Å². The van der Waals surface area contributed by atoms with E-state index in [1.165, 1.54) is 12.8 Å². The monoisotopic (exact) mass is 244 g/mol. The van der Waals surface area contributed by atoms with Gasteiger partial charge in [0.05, 0.1) is 5.75 Å². The Morgan fingerprint density at radius 1 is 1.44 bits per heavy atom. The van der Waals surface area contributed by atoms with Gasteiger partial charge in [-0.1, -0.05) is 13.3 Å². The molecule has 1 rings (SSSR count). The second-order valence-corrected chi connectivity index (χ2v) is 5.68. The lowest BCUT2D eigenvalue weighted by Gasteiger charge is -2.24. The average Bonchev–Trinajstić information content (AvgIpc) is 2.63. The highest BCUT2D eigenvalue weighted by molar-refractivity contribution is 7.99. The van der Waals surface area contributed by atoms with Gasteiger partial charge in [-0.2, -0.15) is 11.8 Å². The van der Waals surface area contributed by atoms with Crippen LogP contribution in [0.1, 0.15) is 19.8 Å². The van der Waals surface area contributed by atoms with Crippen molar-refractivity contribution in [3.63, 3.8) is 0 Å². The number of carbonyl (C=O) groups is 1. The summed E-state index contributed by atoms with van der Waals surface area (Å²) in [5.41, 5.74) is 0. The van der Waals surface area contributed by atoms with Crippen molar-refractivity contribution in [2.75, 3.05) is 39.2 Å². The predicted molar refractivity (Wildman–Crippen MR) is 70.8 cm³/mol. The molecule has 16 heavy (non-hydrogen) atoms. The van der Waals surface area contributed by atoms with E-state index >= 15 is 0 Å². The van der Waals surface area contributed by atoms with Crippen molar-refractivity contribution in [1.29, 1.82) is 0 Å². The summed E-state index contributed by atoms with van der Waals surface area (Å²) in [7, 11) is 4.24. The normalized spacial score (nSPS) is 25.4. The zero-order chi connectivity index (χ0) is 12.1. The van der Waals surface area contributed by atoms with Gasteiger partial charge in [-0.25, -0.2) is 0 Å². The summed E-state index contributed by atoms with van der Waals surface area (Å²) in [4.78, 5) is 16.2. The maximum absolute atomic E-state index is 11.8. The Hall–Kier alpha value is -0.220. The van der Waals surface area contributed by atoms with Gasteiger partial charge in [-0.3, -0.25) is 4.79 Å². The van der Waals surface area contributed by atoms with Gasteiger partial charge in [0.25, 0.3) is 0 Å². The number of hydrogen-bond acceptors (Lipinski definition) is 3. The van der Waals surface area contributed by atoms with Crippen molar-refractivity contribution >= 4 is 17.7 Å². The highest BCUT2D eigenvalue weighted by Gasteiger charge is 2.35. The summed E-state index contributed by atoms with van der Waals surface area (Å²) in [5.74, 6) is 1.59. The molecule has 0 aromatic heterocycles. The number of rotatable bonds is 5. The fourth-order valence-electron chi connectivity index (χ4n) is 2.51. The Morgan fingerprint density at radius 3 is 2.62 bits per heavy atom. The molecule has 0 bridgehead atoms. The molecule has 1 saturated heterocycles. The first-order valence-electron chi connectivity index (χ1n) is 6.03. The summed E-state index contributed by atoms with van der Waals surface area (Å²) >= 11 is 1.62. The molecule has 94 valence electrons. The molecule has 1 fully saturated rings. The smallest absolute Gasteiger partial charge is 0.232 e. The number of carbonyl (C=O) groups excluding carboxylic acids is 1. The average molecular weight is 244 g/mol. The minimum atomic E-state index is 0.304. The minimum Gasteiger partial charge on any atom is -0.340 e. The number of hydrogen-bond donors (Lipinski definition) is 0. The van der Waals surface area contributed by atoms with Crippen molar-refractivity contribution in [2.45, 2.75) is 25.8 Å². The summed E-state index contributed by atoms with van der Waals surface area (Å²) in [6.45, 7) is 4.09. The van der Waals surface area contributed by atoms with E-state index in [0.717, 1.165) is 13.1 Å². The van der Waals surface area contributed by atoms with Crippen LogP contribution in [0.15, 0.2) is 0 Å². The molecule has 0 unspecified atom stereocenters. The first-order valence-corrected chi connectivity index (χ1v) is 7.42. The van der Waals surface area contributed by atoms with E-state index in [2.05, 4.69) is 25.9 Å². The molecule has 1 aliphatic heterocycles. The van der Waals surface area contributed by atoms with Crippen LogP contribution in [-0.2, 0) is 4.79 Å². The van der Waals surface area contributed by atoms with E-state index in [1.807, 2.05) is 11.2 Å². The van der Waals surface area contributed by atoms with Crippen molar-refractivity contribution < 1.29 is 4.79 Å². The van der Waals surface area contributed by atoms with Crippen molar-refractivity contribution in [3.05, 3.63) is 0 Å².